The number of hydrogen-bond donors (Lipinski definition) is 0. The van der Waals surface area contributed by atoms with Gasteiger partial charge in [-0.15, -0.1) is 0 Å². The fraction of sp³-hybridized carbons (Fsp3) is 0.667. The number of carbonyl (C=O) groups is 1. The predicted octanol–water partition coefficient (Wildman–Crippen LogP) is 0.575. The maximum Gasteiger partial charge on any atom is 0.225 e. The van der Waals surface area contributed by atoms with Gasteiger partial charge in [-0.2, -0.15) is 0 Å². The van der Waals surface area contributed by atoms with Gasteiger partial charge >= 0.3 is 0 Å². The number of fused-ring (bicyclic) bond motifs is 1. The van der Waals surface area contributed by atoms with Gasteiger partial charge in [-0.25, -0.2) is 4.37 Å². The Labute approximate surface area is 111 Å². The molecule has 0 spiro atoms. The zero-order valence-electron chi connectivity index (χ0n) is 10.4. The smallest absolute Gasteiger partial charge is 0.225 e. The van der Waals surface area contributed by atoms with Gasteiger partial charge in [0, 0.05) is 38.3 Å². The van der Waals surface area contributed by atoms with Gasteiger partial charge in [-0.1, -0.05) is 0 Å². The van der Waals surface area contributed by atoms with Crippen molar-refractivity contribution in [1.82, 2.24) is 14.2 Å². The summed E-state index contributed by atoms with van der Waals surface area (Å²) in [7, 11) is 1.89. The molecule has 3 heterocycles. The zero-order valence-corrected chi connectivity index (χ0v) is 11.2. The average molecular weight is 267 g/mol. The minimum absolute atomic E-state index is 0.160. The van der Waals surface area contributed by atoms with Crippen molar-refractivity contribution in [3.05, 3.63) is 17.1 Å². The van der Waals surface area contributed by atoms with Gasteiger partial charge in [0.25, 0.3) is 0 Å². The van der Waals surface area contributed by atoms with Crippen molar-refractivity contribution in [2.75, 3.05) is 26.7 Å². The van der Waals surface area contributed by atoms with Gasteiger partial charge in [0.2, 0.25) is 5.91 Å². The van der Waals surface area contributed by atoms with Crippen molar-refractivity contribution >= 4 is 17.4 Å². The van der Waals surface area contributed by atoms with E-state index >= 15 is 0 Å². The van der Waals surface area contributed by atoms with Crippen LogP contribution in [0.2, 0.25) is 0 Å². The van der Waals surface area contributed by atoms with Crippen molar-refractivity contribution in [2.24, 2.45) is 0 Å². The van der Waals surface area contributed by atoms with E-state index in [1.165, 1.54) is 17.1 Å². The SMILES string of the molecule is CN1C(=O)CCO[C@H]2CN(Cc3cnsc3)C[C@@H]21. The molecule has 2 atom stereocenters. The molecule has 98 valence electrons. The van der Waals surface area contributed by atoms with E-state index in [0.29, 0.717) is 13.0 Å². The Kier molecular flexibility index (Phi) is 3.32. The first-order chi connectivity index (χ1) is 8.74. The molecule has 1 aromatic heterocycles. The van der Waals surface area contributed by atoms with Crippen LogP contribution in [0, 0.1) is 0 Å². The summed E-state index contributed by atoms with van der Waals surface area (Å²) in [6.45, 7) is 3.24. The van der Waals surface area contributed by atoms with E-state index in [1.54, 1.807) is 0 Å². The van der Waals surface area contributed by atoms with Crippen LogP contribution in [-0.4, -0.2) is 59.0 Å². The molecule has 6 heteroatoms. The summed E-state index contributed by atoms with van der Waals surface area (Å²) < 4.78 is 9.92. The maximum atomic E-state index is 11.8. The summed E-state index contributed by atoms with van der Waals surface area (Å²) in [6.07, 6.45) is 2.58. The molecule has 0 radical (unpaired) electrons. The van der Waals surface area contributed by atoms with Gasteiger partial charge in [0.15, 0.2) is 0 Å². The van der Waals surface area contributed by atoms with E-state index in [9.17, 15) is 4.79 Å². The van der Waals surface area contributed by atoms with E-state index in [0.717, 1.165) is 19.6 Å². The molecule has 0 N–H and O–H groups in total. The lowest BCUT2D eigenvalue weighted by molar-refractivity contribution is -0.131. The highest BCUT2D eigenvalue weighted by Gasteiger charge is 2.39. The molecule has 3 rings (SSSR count). The van der Waals surface area contributed by atoms with Crippen molar-refractivity contribution in [3.63, 3.8) is 0 Å². The molecule has 0 aromatic carbocycles. The van der Waals surface area contributed by atoms with Crippen LogP contribution in [0.1, 0.15) is 12.0 Å². The van der Waals surface area contributed by atoms with Crippen LogP contribution in [0.4, 0.5) is 0 Å². The summed E-state index contributed by atoms with van der Waals surface area (Å²) in [5.74, 6) is 0.196. The molecule has 18 heavy (non-hydrogen) atoms. The number of nitrogens with zero attached hydrogens (tertiary/aromatic N) is 3. The molecule has 2 saturated heterocycles. The highest BCUT2D eigenvalue weighted by atomic mass is 32.1. The van der Waals surface area contributed by atoms with Gasteiger partial charge in [0.05, 0.1) is 25.2 Å². The normalized spacial score (nSPS) is 29.4. The predicted molar refractivity (Wildman–Crippen MR) is 68.3 cm³/mol. The second kappa shape index (κ2) is 4.95. The number of hydrogen-bond acceptors (Lipinski definition) is 5. The van der Waals surface area contributed by atoms with Gasteiger partial charge in [-0.05, 0) is 17.1 Å². The van der Waals surface area contributed by atoms with Crippen LogP contribution in [-0.2, 0) is 16.1 Å². The highest BCUT2D eigenvalue weighted by Crippen LogP contribution is 2.23. The van der Waals surface area contributed by atoms with E-state index < -0.39 is 0 Å². The fourth-order valence-corrected chi connectivity index (χ4v) is 3.25. The Morgan fingerprint density at radius 3 is 3.22 bits per heavy atom. The highest BCUT2D eigenvalue weighted by molar-refractivity contribution is 7.03. The van der Waals surface area contributed by atoms with E-state index in [2.05, 4.69) is 14.7 Å². The van der Waals surface area contributed by atoms with E-state index in [4.69, 9.17) is 4.74 Å². The molecule has 0 aliphatic carbocycles. The minimum Gasteiger partial charge on any atom is -0.374 e. The molecule has 5 nitrogen and oxygen atoms in total. The number of rotatable bonds is 2. The van der Waals surface area contributed by atoms with Gasteiger partial charge in [0.1, 0.15) is 0 Å². The first kappa shape index (κ1) is 12.1. The molecule has 0 saturated carbocycles. The Bertz CT molecular complexity index is 423. The summed E-state index contributed by atoms with van der Waals surface area (Å²) in [5, 5.41) is 2.07. The largest absolute Gasteiger partial charge is 0.374 e. The summed E-state index contributed by atoms with van der Waals surface area (Å²) in [6, 6.07) is 0.201. The first-order valence-electron chi connectivity index (χ1n) is 6.22. The standard InChI is InChI=1S/C12H17N3O2S/c1-14-10-6-15(5-9-4-13-18-8-9)7-11(10)17-3-2-12(14)16/h4,8,10-11H,2-3,5-7H2,1H3/t10-,11-/m0/s1. The Hall–Kier alpha value is -0.980. The third-order valence-corrected chi connectivity index (χ3v) is 4.38. The van der Waals surface area contributed by atoms with Crippen molar-refractivity contribution in [2.45, 2.75) is 25.1 Å². The van der Waals surface area contributed by atoms with Gasteiger partial charge < -0.3 is 9.64 Å². The lowest BCUT2D eigenvalue weighted by atomic mass is 10.2. The molecular formula is C12H17N3O2S. The second-order valence-electron chi connectivity index (χ2n) is 4.96. The Morgan fingerprint density at radius 1 is 1.56 bits per heavy atom. The summed E-state index contributed by atoms with van der Waals surface area (Å²) >= 11 is 1.48. The lowest BCUT2D eigenvalue weighted by Gasteiger charge is -2.25. The van der Waals surface area contributed by atoms with Crippen LogP contribution in [0.5, 0.6) is 0 Å². The lowest BCUT2D eigenvalue weighted by Crippen LogP contribution is -2.42. The van der Waals surface area contributed by atoms with Crippen LogP contribution in [0.25, 0.3) is 0 Å². The number of amides is 1. The van der Waals surface area contributed by atoms with Crippen LogP contribution >= 0.6 is 11.5 Å². The number of aromatic nitrogens is 1. The molecular weight excluding hydrogens is 250 g/mol. The monoisotopic (exact) mass is 267 g/mol. The number of likely N-dealkylation sites (tertiary alicyclic amines) is 1. The number of carbonyl (C=O) groups excluding carboxylic acids is 1. The topological polar surface area (TPSA) is 45.7 Å². The molecule has 2 aliphatic rings. The Balaban J connectivity index is 1.67. The first-order valence-corrected chi connectivity index (χ1v) is 7.05. The molecule has 0 unspecified atom stereocenters. The summed E-state index contributed by atoms with van der Waals surface area (Å²) in [4.78, 5) is 16.0. The number of likely N-dealkylation sites (N-methyl/N-ethyl adjacent to an activating group) is 1. The van der Waals surface area contributed by atoms with Gasteiger partial charge in [-0.3, -0.25) is 9.69 Å². The van der Waals surface area contributed by atoms with Crippen LogP contribution in [0.3, 0.4) is 0 Å². The zero-order chi connectivity index (χ0) is 12.5. The maximum absolute atomic E-state index is 11.8. The number of ether oxygens (including phenoxy) is 1. The van der Waals surface area contributed by atoms with Crippen LogP contribution < -0.4 is 0 Å². The molecule has 2 fully saturated rings. The average Bonchev–Trinajstić information content (AvgIpc) is 2.96. The fourth-order valence-electron chi connectivity index (χ4n) is 2.72. The van der Waals surface area contributed by atoms with Crippen LogP contribution in [0.15, 0.2) is 11.6 Å². The quantitative estimate of drug-likeness (QED) is 0.786. The van der Waals surface area contributed by atoms with Crippen molar-refractivity contribution < 1.29 is 9.53 Å². The van der Waals surface area contributed by atoms with E-state index in [-0.39, 0.29) is 18.1 Å². The van der Waals surface area contributed by atoms with Crippen molar-refractivity contribution in [1.29, 1.82) is 0 Å². The third-order valence-electron chi connectivity index (χ3n) is 3.74. The van der Waals surface area contributed by atoms with Crippen molar-refractivity contribution in [3.8, 4) is 0 Å². The minimum atomic E-state index is 0.160. The molecule has 1 aromatic rings. The summed E-state index contributed by atoms with van der Waals surface area (Å²) in [5.41, 5.74) is 1.24. The Morgan fingerprint density at radius 2 is 2.44 bits per heavy atom. The third kappa shape index (κ3) is 2.28. The molecule has 0 bridgehead atoms. The molecule has 1 amide bonds. The second-order valence-corrected chi connectivity index (χ2v) is 5.62. The van der Waals surface area contributed by atoms with E-state index in [1.807, 2.05) is 18.1 Å². The molecule has 2 aliphatic heterocycles.